The summed E-state index contributed by atoms with van der Waals surface area (Å²) in [6.45, 7) is 4.17. The molecule has 0 radical (unpaired) electrons. The molecule has 0 spiro atoms. The fraction of sp³-hybridized carbons (Fsp3) is 0.604. The number of aliphatic hydroxyl groups is 2. The van der Waals surface area contributed by atoms with Crippen LogP contribution in [0.2, 0.25) is 0 Å². The molecule has 0 aliphatic carbocycles. The van der Waals surface area contributed by atoms with Crippen LogP contribution in [0.4, 0.5) is 0 Å². The number of nitrogens with zero attached hydrogens (tertiary/aromatic N) is 1. The van der Waals surface area contributed by atoms with Crippen LogP contribution < -0.4 is 0 Å². The van der Waals surface area contributed by atoms with Crippen LogP contribution in [-0.4, -0.2) is 69.3 Å². The van der Waals surface area contributed by atoms with Crippen molar-refractivity contribution >= 4 is 0 Å². The first-order chi connectivity index (χ1) is 28.6. The minimum Gasteiger partial charge on any atom is -0.508 e. The zero-order valence-corrected chi connectivity index (χ0v) is 34.8. The molecule has 11 heteroatoms. The lowest BCUT2D eigenvalue weighted by Gasteiger charge is -2.38. The van der Waals surface area contributed by atoms with Gasteiger partial charge in [-0.05, 0) is 114 Å². The number of hydrogen-bond acceptors (Lipinski definition) is 11. The Morgan fingerprint density at radius 3 is 1.85 bits per heavy atom. The first-order valence-electron chi connectivity index (χ1n) is 22.0. The first kappa shape index (κ1) is 45.0. The summed E-state index contributed by atoms with van der Waals surface area (Å²) in [6, 6.07) is 23.6. The normalized spacial score (nSPS) is 28.4. The second-order valence-corrected chi connectivity index (χ2v) is 16.8. The van der Waals surface area contributed by atoms with Crippen LogP contribution in [0.25, 0.3) is 0 Å². The Hall–Kier alpha value is -3.57. The summed E-state index contributed by atoms with van der Waals surface area (Å²) in [5.41, 5.74) is 2.81. The van der Waals surface area contributed by atoms with Gasteiger partial charge in [0.15, 0.2) is 18.9 Å². The lowest BCUT2D eigenvalue weighted by Crippen LogP contribution is -2.36. The molecule has 11 atom stereocenters. The smallest absolute Gasteiger partial charge is 0.187 e. The Morgan fingerprint density at radius 2 is 1.19 bits per heavy atom. The largest absolute Gasteiger partial charge is 0.508 e. The molecule has 3 saturated heterocycles. The topological polar surface area (TPSA) is 160 Å². The second-order valence-electron chi connectivity index (χ2n) is 16.8. The van der Waals surface area contributed by atoms with Crippen molar-refractivity contribution in [3.05, 3.63) is 95.1 Å². The molecule has 3 aliphatic rings. The number of benzene rings is 3. The SMILES string of the molecule is CCCCC(O)CCCC1CC(CCCC(O)CC2CC(CCCC3CC(C)OC(c4ccccc4O)O3)OC(c3ccc(C#N)cc3)O2)OC(c2cccc(O)c2)O1. The van der Waals surface area contributed by atoms with Gasteiger partial charge in [-0.25, -0.2) is 0 Å². The molecule has 6 rings (SSSR count). The lowest BCUT2D eigenvalue weighted by atomic mass is 9.95. The molecular formula is C48H65NO10. The fourth-order valence-corrected chi connectivity index (χ4v) is 8.64. The number of rotatable bonds is 20. The minimum atomic E-state index is -0.616. The van der Waals surface area contributed by atoms with Crippen molar-refractivity contribution in [1.29, 1.82) is 5.26 Å². The highest BCUT2D eigenvalue weighted by Crippen LogP contribution is 2.39. The Morgan fingerprint density at radius 1 is 0.610 bits per heavy atom. The standard InChI is InChI=1S/C48H65NO10/c1-3-4-12-36(50)13-8-16-40-29-41(57-47(56-40)35-11-7-14-37(51)27-35)17-9-15-38(52)28-43-30-42(55-46(59-43)34-24-22-33(31-49)23-25-34)19-10-18-39-26-32(2)54-48(58-39)44-20-5-6-21-45(44)53/h5-7,11,14,20-25,27,32,36,38-43,46-48,50-53H,3-4,8-10,12-13,15-19,26,28-30H2,1-2H3. The number of ether oxygens (including phenoxy) is 6. The maximum absolute atomic E-state index is 11.4. The van der Waals surface area contributed by atoms with Gasteiger partial charge in [0.05, 0.1) is 60.5 Å². The van der Waals surface area contributed by atoms with E-state index in [2.05, 4.69) is 13.0 Å². The first-order valence-corrected chi connectivity index (χ1v) is 22.0. The number of para-hydroxylation sites is 1. The van der Waals surface area contributed by atoms with E-state index >= 15 is 0 Å². The lowest BCUT2D eigenvalue weighted by molar-refractivity contribution is -0.256. The van der Waals surface area contributed by atoms with Crippen molar-refractivity contribution < 1.29 is 48.8 Å². The van der Waals surface area contributed by atoms with E-state index in [1.165, 1.54) is 0 Å². The third-order valence-electron chi connectivity index (χ3n) is 11.8. The number of phenols is 2. The van der Waals surface area contributed by atoms with Crippen molar-refractivity contribution in [2.75, 3.05) is 0 Å². The maximum atomic E-state index is 11.4. The number of unbranched alkanes of at least 4 members (excludes halogenated alkanes) is 1. The Bertz CT molecular complexity index is 1730. The van der Waals surface area contributed by atoms with Gasteiger partial charge < -0.3 is 48.8 Å². The molecular weight excluding hydrogens is 751 g/mol. The molecule has 3 heterocycles. The molecule has 3 aromatic carbocycles. The molecule has 0 aromatic heterocycles. The molecule has 0 bridgehead atoms. The van der Waals surface area contributed by atoms with Crippen LogP contribution in [0.15, 0.2) is 72.8 Å². The second kappa shape index (κ2) is 22.9. The molecule has 322 valence electrons. The van der Waals surface area contributed by atoms with Gasteiger partial charge in [0.2, 0.25) is 0 Å². The third-order valence-corrected chi connectivity index (χ3v) is 11.8. The quantitative estimate of drug-likeness (QED) is 0.0860. The molecule has 11 unspecified atom stereocenters. The average Bonchev–Trinajstić information content (AvgIpc) is 3.23. The number of nitriles is 1. The van der Waals surface area contributed by atoms with E-state index in [0.29, 0.717) is 30.4 Å². The third kappa shape index (κ3) is 14.0. The predicted octanol–water partition coefficient (Wildman–Crippen LogP) is 9.72. The van der Waals surface area contributed by atoms with Gasteiger partial charge in [0.25, 0.3) is 0 Å². The van der Waals surface area contributed by atoms with E-state index in [-0.39, 0.29) is 54.2 Å². The zero-order chi connectivity index (χ0) is 41.6. The molecule has 0 saturated carbocycles. The summed E-state index contributed by atoms with van der Waals surface area (Å²) in [7, 11) is 0. The van der Waals surface area contributed by atoms with Gasteiger partial charge in [-0.1, -0.05) is 62.2 Å². The average molecular weight is 816 g/mol. The summed E-state index contributed by atoms with van der Waals surface area (Å²) >= 11 is 0. The summed E-state index contributed by atoms with van der Waals surface area (Å²) < 4.78 is 38.2. The van der Waals surface area contributed by atoms with Gasteiger partial charge in [-0.3, -0.25) is 0 Å². The van der Waals surface area contributed by atoms with Crippen molar-refractivity contribution in [3.8, 4) is 17.6 Å². The van der Waals surface area contributed by atoms with Crippen LogP contribution in [-0.2, 0) is 28.4 Å². The van der Waals surface area contributed by atoms with Gasteiger partial charge in [0.1, 0.15) is 11.5 Å². The van der Waals surface area contributed by atoms with Gasteiger partial charge in [-0.2, -0.15) is 5.26 Å². The van der Waals surface area contributed by atoms with Crippen LogP contribution in [0.5, 0.6) is 11.5 Å². The van der Waals surface area contributed by atoms with E-state index in [1.807, 2.05) is 37.3 Å². The molecule has 3 fully saturated rings. The van der Waals surface area contributed by atoms with Crippen LogP contribution in [0.1, 0.15) is 158 Å². The molecule has 11 nitrogen and oxygen atoms in total. The van der Waals surface area contributed by atoms with E-state index in [1.54, 1.807) is 42.5 Å². The van der Waals surface area contributed by atoms with Gasteiger partial charge in [-0.15, -0.1) is 0 Å². The van der Waals surface area contributed by atoms with E-state index in [0.717, 1.165) is 94.6 Å². The van der Waals surface area contributed by atoms with E-state index in [4.69, 9.17) is 28.4 Å². The zero-order valence-electron chi connectivity index (χ0n) is 34.8. The van der Waals surface area contributed by atoms with Crippen molar-refractivity contribution in [3.63, 3.8) is 0 Å². The molecule has 3 aliphatic heterocycles. The monoisotopic (exact) mass is 815 g/mol. The summed E-state index contributed by atoms with van der Waals surface area (Å²) in [4.78, 5) is 0. The number of aromatic hydroxyl groups is 2. The fourth-order valence-electron chi connectivity index (χ4n) is 8.64. The summed E-state index contributed by atoms with van der Waals surface area (Å²) in [5.74, 6) is 0.324. The van der Waals surface area contributed by atoms with E-state index in [9.17, 15) is 25.7 Å². The van der Waals surface area contributed by atoms with Crippen LogP contribution >= 0.6 is 0 Å². The molecule has 4 N–H and O–H groups in total. The number of hydrogen-bond donors (Lipinski definition) is 4. The minimum absolute atomic E-state index is 0.0105. The maximum Gasteiger partial charge on any atom is 0.187 e. The number of phenolic OH excluding ortho intramolecular Hbond substituents is 2. The summed E-state index contributed by atoms with van der Waals surface area (Å²) in [5, 5.41) is 51.7. The molecule has 59 heavy (non-hydrogen) atoms. The van der Waals surface area contributed by atoms with Crippen molar-refractivity contribution in [2.24, 2.45) is 0 Å². The highest BCUT2D eigenvalue weighted by atomic mass is 16.7. The van der Waals surface area contributed by atoms with Crippen molar-refractivity contribution in [2.45, 2.75) is 184 Å². The van der Waals surface area contributed by atoms with E-state index < -0.39 is 25.0 Å². The van der Waals surface area contributed by atoms with Crippen LogP contribution in [0.3, 0.4) is 0 Å². The Balaban J connectivity index is 1.01. The molecule has 0 amide bonds. The number of aliphatic hydroxyl groups excluding tert-OH is 2. The van der Waals surface area contributed by atoms with Gasteiger partial charge in [0, 0.05) is 29.5 Å². The Labute approximate surface area is 350 Å². The van der Waals surface area contributed by atoms with Gasteiger partial charge >= 0.3 is 0 Å². The highest BCUT2D eigenvalue weighted by Gasteiger charge is 2.35. The Kier molecular flexibility index (Phi) is 17.4. The predicted molar refractivity (Wildman–Crippen MR) is 222 cm³/mol. The van der Waals surface area contributed by atoms with Crippen LogP contribution in [0, 0.1) is 11.3 Å². The molecule has 3 aromatic rings. The summed E-state index contributed by atoms with van der Waals surface area (Å²) in [6.07, 6.45) is 9.43. The van der Waals surface area contributed by atoms with Crippen molar-refractivity contribution in [1.82, 2.24) is 0 Å². The highest BCUT2D eigenvalue weighted by molar-refractivity contribution is 5.33.